The molecule has 1 aromatic rings. The third-order valence-corrected chi connectivity index (χ3v) is 3.47. The zero-order valence-electron chi connectivity index (χ0n) is 13.9. The predicted octanol–water partition coefficient (Wildman–Crippen LogP) is 3.30. The summed E-state index contributed by atoms with van der Waals surface area (Å²) >= 11 is 0. The molecule has 0 spiro atoms. The average molecular weight is 295 g/mol. The molecule has 1 heterocycles. The number of carbonyl (C=O) groups excluding carboxylic acids is 1. The summed E-state index contributed by atoms with van der Waals surface area (Å²) in [5, 5.41) is 17.6. The molecule has 0 fully saturated rings. The maximum Gasteiger partial charge on any atom is 0.227 e. The summed E-state index contributed by atoms with van der Waals surface area (Å²) in [4.78, 5) is 12.1. The Kier molecular flexibility index (Phi) is 5.96. The largest absolute Gasteiger partial charge is 0.389 e. The van der Waals surface area contributed by atoms with Crippen LogP contribution in [0.4, 0.5) is 5.69 Å². The molecule has 0 aliphatic heterocycles. The van der Waals surface area contributed by atoms with E-state index in [9.17, 15) is 9.90 Å². The van der Waals surface area contributed by atoms with Crippen LogP contribution in [-0.4, -0.2) is 26.4 Å². The minimum atomic E-state index is -0.895. The smallest absolute Gasteiger partial charge is 0.227 e. The summed E-state index contributed by atoms with van der Waals surface area (Å²) in [6.45, 7) is 10.2. The van der Waals surface area contributed by atoms with Gasteiger partial charge < -0.3 is 10.4 Å². The molecule has 1 aromatic heterocycles. The minimum absolute atomic E-state index is 0.117. The molecule has 5 nitrogen and oxygen atoms in total. The van der Waals surface area contributed by atoms with E-state index >= 15 is 0 Å². The van der Waals surface area contributed by atoms with Crippen molar-refractivity contribution in [2.45, 2.75) is 77.9 Å². The summed E-state index contributed by atoms with van der Waals surface area (Å²) in [5.74, 6) is -0.159. The lowest BCUT2D eigenvalue weighted by Gasteiger charge is -2.26. The number of aliphatic hydroxyl groups is 1. The van der Waals surface area contributed by atoms with Crippen molar-refractivity contribution in [2.24, 2.45) is 0 Å². The third kappa shape index (κ3) is 5.50. The lowest BCUT2D eigenvalue weighted by molar-refractivity contribution is -0.121. The van der Waals surface area contributed by atoms with Crippen molar-refractivity contribution in [3.8, 4) is 0 Å². The molecule has 0 unspecified atom stereocenters. The van der Waals surface area contributed by atoms with E-state index in [4.69, 9.17) is 0 Å². The molecule has 0 aliphatic rings. The Morgan fingerprint density at radius 1 is 1.29 bits per heavy atom. The normalized spacial score (nSPS) is 12.5. The molecule has 1 rings (SSSR count). The first-order valence-electron chi connectivity index (χ1n) is 7.77. The van der Waals surface area contributed by atoms with Crippen LogP contribution in [0.2, 0.25) is 0 Å². The Labute approximate surface area is 127 Å². The Bertz CT molecular complexity index is 454. The predicted molar refractivity (Wildman–Crippen MR) is 85.2 cm³/mol. The third-order valence-electron chi connectivity index (χ3n) is 3.47. The Morgan fingerprint density at radius 2 is 1.86 bits per heavy atom. The average Bonchev–Trinajstić information content (AvgIpc) is 2.76. The monoisotopic (exact) mass is 295 g/mol. The fourth-order valence-electron chi connectivity index (χ4n) is 2.49. The molecule has 120 valence electrons. The van der Waals surface area contributed by atoms with Crippen LogP contribution in [0.5, 0.6) is 0 Å². The second kappa shape index (κ2) is 7.07. The highest BCUT2D eigenvalue weighted by atomic mass is 16.3. The van der Waals surface area contributed by atoms with Gasteiger partial charge in [0.25, 0.3) is 0 Å². The van der Waals surface area contributed by atoms with Crippen molar-refractivity contribution in [3.05, 3.63) is 12.4 Å². The van der Waals surface area contributed by atoms with Gasteiger partial charge in [-0.25, -0.2) is 0 Å². The van der Waals surface area contributed by atoms with Crippen molar-refractivity contribution < 1.29 is 9.90 Å². The summed E-state index contributed by atoms with van der Waals surface area (Å²) in [6, 6.07) is 0. The van der Waals surface area contributed by atoms with Crippen LogP contribution in [-0.2, 0) is 10.3 Å². The van der Waals surface area contributed by atoms with Gasteiger partial charge in [-0.2, -0.15) is 5.10 Å². The van der Waals surface area contributed by atoms with Gasteiger partial charge in [-0.3, -0.25) is 9.48 Å². The van der Waals surface area contributed by atoms with Crippen molar-refractivity contribution in [1.82, 2.24) is 9.78 Å². The van der Waals surface area contributed by atoms with E-state index in [-0.39, 0.29) is 17.9 Å². The van der Waals surface area contributed by atoms with Crippen LogP contribution in [0.25, 0.3) is 0 Å². The number of amides is 1. The lowest BCUT2D eigenvalue weighted by atomic mass is 9.89. The Balaban J connectivity index is 2.66. The van der Waals surface area contributed by atoms with E-state index in [1.165, 1.54) is 0 Å². The number of carbonyl (C=O) groups is 1. The molecule has 0 radical (unpaired) electrons. The number of anilines is 1. The number of hydrogen-bond acceptors (Lipinski definition) is 3. The first kappa shape index (κ1) is 17.7. The van der Waals surface area contributed by atoms with Gasteiger partial charge in [0.05, 0.1) is 29.4 Å². The number of aromatic nitrogens is 2. The van der Waals surface area contributed by atoms with Crippen molar-refractivity contribution in [2.75, 3.05) is 5.32 Å². The van der Waals surface area contributed by atoms with E-state index in [1.807, 2.05) is 45.5 Å². The zero-order valence-corrected chi connectivity index (χ0v) is 13.9. The Morgan fingerprint density at radius 3 is 2.29 bits per heavy atom. The van der Waals surface area contributed by atoms with Crippen LogP contribution >= 0.6 is 0 Å². The van der Waals surface area contributed by atoms with Crippen molar-refractivity contribution in [3.63, 3.8) is 0 Å². The number of nitrogens with zero attached hydrogens (tertiary/aromatic N) is 2. The maximum atomic E-state index is 12.1. The first-order chi connectivity index (χ1) is 9.70. The van der Waals surface area contributed by atoms with Gasteiger partial charge in [-0.05, 0) is 33.6 Å². The number of hydrogen-bond donors (Lipinski definition) is 2. The maximum absolute atomic E-state index is 12.1. The Hall–Kier alpha value is -1.36. The van der Waals surface area contributed by atoms with Crippen LogP contribution in [0.3, 0.4) is 0 Å². The highest BCUT2D eigenvalue weighted by molar-refractivity contribution is 5.91. The fraction of sp³-hybridized carbons (Fsp3) is 0.750. The molecular formula is C16H29N3O2. The SMILES string of the molecule is CCCC(O)(CCC)CC(=O)Nc1cnn(C(C)(C)C)c1. The molecule has 0 aromatic carbocycles. The number of nitrogens with one attached hydrogen (secondary N) is 1. The van der Waals surface area contributed by atoms with Crippen LogP contribution in [0.1, 0.15) is 66.7 Å². The second-order valence-electron chi connectivity index (χ2n) is 6.79. The molecular weight excluding hydrogens is 266 g/mol. The quantitative estimate of drug-likeness (QED) is 0.811. The van der Waals surface area contributed by atoms with Gasteiger partial charge in [-0.1, -0.05) is 26.7 Å². The van der Waals surface area contributed by atoms with Crippen LogP contribution in [0, 0.1) is 0 Å². The molecule has 0 bridgehead atoms. The van der Waals surface area contributed by atoms with Gasteiger partial charge in [0.1, 0.15) is 0 Å². The van der Waals surface area contributed by atoms with Gasteiger partial charge in [0, 0.05) is 6.20 Å². The molecule has 0 atom stereocenters. The van der Waals surface area contributed by atoms with E-state index in [2.05, 4.69) is 10.4 Å². The standard InChI is InChI=1S/C16H29N3O2/c1-6-8-16(21,9-7-2)10-14(20)18-13-11-17-19(12-13)15(3,4)5/h11-12,21H,6-10H2,1-5H3,(H,18,20). The molecule has 0 saturated heterocycles. The minimum Gasteiger partial charge on any atom is -0.389 e. The van der Waals surface area contributed by atoms with E-state index in [1.54, 1.807) is 6.20 Å². The summed E-state index contributed by atoms with van der Waals surface area (Å²) in [7, 11) is 0. The molecule has 2 N–H and O–H groups in total. The van der Waals surface area contributed by atoms with Gasteiger partial charge in [0.2, 0.25) is 5.91 Å². The highest BCUT2D eigenvalue weighted by Gasteiger charge is 2.28. The topological polar surface area (TPSA) is 67.2 Å². The molecule has 0 aliphatic carbocycles. The van der Waals surface area contributed by atoms with Gasteiger partial charge in [-0.15, -0.1) is 0 Å². The van der Waals surface area contributed by atoms with Crippen molar-refractivity contribution >= 4 is 11.6 Å². The van der Waals surface area contributed by atoms with Crippen LogP contribution in [0.15, 0.2) is 12.4 Å². The van der Waals surface area contributed by atoms with Gasteiger partial charge in [0.15, 0.2) is 0 Å². The van der Waals surface area contributed by atoms with Gasteiger partial charge >= 0.3 is 0 Å². The molecule has 1 amide bonds. The molecule has 5 heteroatoms. The highest BCUT2D eigenvalue weighted by Crippen LogP contribution is 2.24. The second-order valence-corrected chi connectivity index (χ2v) is 6.79. The van der Waals surface area contributed by atoms with E-state index < -0.39 is 5.60 Å². The van der Waals surface area contributed by atoms with Crippen molar-refractivity contribution in [1.29, 1.82) is 0 Å². The summed E-state index contributed by atoms with van der Waals surface area (Å²) in [6.07, 6.45) is 6.62. The van der Waals surface area contributed by atoms with E-state index in [0.29, 0.717) is 18.5 Å². The molecule has 21 heavy (non-hydrogen) atoms. The number of rotatable bonds is 7. The summed E-state index contributed by atoms with van der Waals surface area (Å²) in [5.41, 5.74) is -0.341. The molecule has 0 saturated carbocycles. The van der Waals surface area contributed by atoms with E-state index in [0.717, 1.165) is 12.8 Å². The van der Waals surface area contributed by atoms with Crippen LogP contribution < -0.4 is 5.32 Å². The summed E-state index contributed by atoms with van der Waals surface area (Å²) < 4.78 is 1.81. The fourth-order valence-corrected chi connectivity index (χ4v) is 2.49. The first-order valence-corrected chi connectivity index (χ1v) is 7.77. The lowest BCUT2D eigenvalue weighted by Crippen LogP contribution is -2.33. The zero-order chi connectivity index (χ0) is 16.1.